The summed E-state index contributed by atoms with van der Waals surface area (Å²) in [5.74, 6) is -1.40. The lowest BCUT2D eigenvalue weighted by Crippen LogP contribution is -2.09. The second-order valence-corrected chi connectivity index (χ2v) is 4.89. The van der Waals surface area contributed by atoms with Crippen molar-refractivity contribution in [2.24, 2.45) is 0 Å². The van der Waals surface area contributed by atoms with Crippen molar-refractivity contribution >= 4 is 49.4 Å². The van der Waals surface area contributed by atoms with Gasteiger partial charge in [0, 0.05) is 6.20 Å². The summed E-state index contributed by atoms with van der Waals surface area (Å²) < 4.78 is 27.2. The number of pyridine rings is 1. The Balaban J connectivity index is 3.12. The van der Waals surface area contributed by atoms with Crippen molar-refractivity contribution in [3.63, 3.8) is 0 Å². The van der Waals surface area contributed by atoms with Crippen LogP contribution >= 0.6 is 38.5 Å². The second-order valence-electron chi connectivity index (χ2n) is 2.87. The van der Waals surface area contributed by atoms with Crippen LogP contribution in [0.25, 0.3) is 10.9 Å². The fourth-order valence-corrected chi connectivity index (χ4v) is 2.09. The van der Waals surface area contributed by atoms with Gasteiger partial charge < -0.3 is 4.98 Å². The van der Waals surface area contributed by atoms with Crippen molar-refractivity contribution in [1.82, 2.24) is 4.98 Å². The molecule has 2 rings (SSSR count). The Kier molecular flexibility index (Phi) is 2.80. The SMILES string of the molecule is O=c1c(I)c[nH]c2c(F)cc(Br)c(F)c12. The Hall–Kier alpha value is -0.500. The van der Waals surface area contributed by atoms with Crippen LogP contribution in [0, 0.1) is 15.2 Å². The third-order valence-electron chi connectivity index (χ3n) is 1.96. The number of hydrogen-bond acceptors (Lipinski definition) is 1. The summed E-state index contributed by atoms with van der Waals surface area (Å²) in [5.41, 5.74) is -0.622. The van der Waals surface area contributed by atoms with Gasteiger partial charge in [0.05, 0.1) is 18.9 Å². The molecule has 1 aromatic heterocycles. The minimum Gasteiger partial charge on any atom is -0.357 e. The van der Waals surface area contributed by atoms with Crippen molar-refractivity contribution in [3.05, 3.63) is 42.2 Å². The predicted octanol–water partition coefficient (Wildman–Crippen LogP) is 3.17. The molecule has 0 atom stereocenters. The minimum absolute atomic E-state index is 0.0556. The molecule has 2 nitrogen and oxygen atoms in total. The number of rotatable bonds is 0. The summed E-state index contributed by atoms with van der Waals surface area (Å²) in [5, 5.41) is -0.256. The number of aromatic amines is 1. The molecule has 0 unspecified atom stereocenters. The first-order chi connectivity index (χ1) is 7.02. The number of aromatic nitrogens is 1. The van der Waals surface area contributed by atoms with Crippen LogP contribution in [-0.4, -0.2) is 4.98 Å². The van der Waals surface area contributed by atoms with E-state index in [4.69, 9.17) is 0 Å². The lowest BCUT2D eigenvalue weighted by molar-refractivity contribution is 0.609. The molecular formula is C9H3BrF2INO. The Morgan fingerprint density at radius 3 is 2.73 bits per heavy atom. The molecular weight excluding hydrogens is 383 g/mol. The lowest BCUT2D eigenvalue weighted by atomic mass is 10.2. The molecule has 0 spiro atoms. The van der Waals surface area contributed by atoms with Crippen molar-refractivity contribution < 1.29 is 8.78 Å². The highest BCUT2D eigenvalue weighted by Crippen LogP contribution is 2.24. The summed E-state index contributed by atoms with van der Waals surface area (Å²) in [4.78, 5) is 14.2. The second kappa shape index (κ2) is 3.82. The van der Waals surface area contributed by atoms with Crippen LogP contribution in [0.3, 0.4) is 0 Å². The van der Waals surface area contributed by atoms with Crippen LogP contribution in [0.1, 0.15) is 0 Å². The zero-order chi connectivity index (χ0) is 11.2. The smallest absolute Gasteiger partial charge is 0.205 e. The molecule has 0 saturated carbocycles. The molecule has 0 amide bonds. The van der Waals surface area contributed by atoms with Crippen molar-refractivity contribution in [3.8, 4) is 0 Å². The molecule has 2 aromatic rings. The van der Waals surface area contributed by atoms with Crippen LogP contribution in [0.5, 0.6) is 0 Å². The lowest BCUT2D eigenvalue weighted by Gasteiger charge is -2.03. The number of hydrogen-bond donors (Lipinski definition) is 1. The van der Waals surface area contributed by atoms with Gasteiger partial charge in [-0.1, -0.05) is 0 Å². The number of halogens is 4. The normalized spacial score (nSPS) is 10.9. The van der Waals surface area contributed by atoms with Gasteiger partial charge in [-0.05, 0) is 44.6 Å². The van der Waals surface area contributed by atoms with Gasteiger partial charge in [0.2, 0.25) is 5.43 Å². The molecule has 0 aliphatic rings. The zero-order valence-corrected chi connectivity index (χ0v) is 10.8. The van der Waals surface area contributed by atoms with Gasteiger partial charge in [-0.25, -0.2) is 8.78 Å². The first-order valence-corrected chi connectivity index (χ1v) is 5.74. The van der Waals surface area contributed by atoms with E-state index in [-0.39, 0.29) is 15.4 Å². The maximum Gasteiger partial charge on any atom is 0.205 e. The molecule has 0 aliphatic heterocycles. The van der Waals surface area contributed by atoms with Gasteiger partial charge >= 0.3 is 0 Å². The standard InChI is InChI=1S/C9H3BrF2INO/c10-3-1-4(11)8-6(7(3)12)9(15)5(13)2-14-8/h1-2H,(H,14,15). The summed E-state index contributed by atoms with van der Waals surface area (Å²) in [6.45, 7) is 0. The fourth-order valence-electron chi connectivity index (χ4n) is 1.27. The summed E-state index contributed by atoms with van der Waals surface area (Å²) >= 11 is 4.62. The first kappa shape index (κ1) is 11.0. The molecule has 0 saturated heterocycles. The monoisotopic (exact) mass is 385 g/mol. The largest absolute Gasteiger partial charge is 0.357 e. The van der Waals surface area contributed by atoms with Crippen molar-refractivity contribution in [2.45, 2.75) is 0 Å². The zero-order valence-electron chi connectivity index (χ0n) is 7.07. The average molecular weight is 386 g/mol. The molecule has 1 aromatic carbocycles. The van der Waals surface area contributed by atoms with E-state index in [9.17, 15) is 13.6 Å². The van der Waals surface area contributed by atoms with Crippen LogP contribution in [0.2, 0.25) is 0 Å². The quantitative estimate of drug-likeness (QED) is 0.548. The first-order valence-electron chi connectivity index (χ1n) is 3.86. The summed E-state index contributed by atoms with van der Waals surface area (Å²) in [7, 11) is 0. The van der Waals surface area contributed by atoms with E-state index in [0.29, 0.717) is 3.57 Å². The number of H-pyrrole nitrogens is 1. The van der Waals surface area contributed by atoms with Crippen molar-refractivity contribution in [1.29, 1.82) is 0 Å². The highest BCUT2D eigenvalue weighted by atomic mass is 127. The molecule has 0 radical (unpaired) electrons. The van der Waals surface area contributed by atoms with E-state index >= 15 is 0 Å². The van der Waals surface area contributed by atoms with E-state index < -0.39 is 17.1 Å². The third-order valence-corrected chi connectivity index (χ3v) is 3.34. The van der Waals surface area contributed by atoms with Crippen LogP contribution < -0.4 is 5.43 Å². The highest BCUT2D eigenvalue weighted by Gasteiger charge is 2.15. The van der Waals surface area contributed by atoms with E-state index in [1.807, 2.05) is 0 Å². The maximum atomic E-state index is 13.6. The molecule has 15 heavy (non-hydrogen) atoms. The Morgan fingerprint density at radius 1 is 1.40 bits per heavy atom. The van der Waals surface area contributed by atoms with Gasteiger partial charge in [-0.15, -0.1) is 0 Å². The van der Waals surface area contributed by atoms with E-state index in [2.05, 4.69) is 20.9 Å². The van der Waals surface area contributed by atoms with E-state index in [1.54, 1.807) is 22.6 Å². The number of benzene rings is 1. The topological polar surface area (TPSA) is 32.9 Å². The number of nitrogens with one attached hydrogen (secondary N) is 1. The van der Waals surface area contributed by atoms with Gasteiger partial charge in [-0.3, -0.25) is 4.79 Å². The summed E-state index contributed by atoms with van der Waals surface area (Å²) in [6, 6.07) is 0.987. The molecule has 0 aliphatic carbocycles. The minimum atomic E-state index is -0.744. The molecule has 0 bridgehead atoms. The molecule has 1 N–H and O–H groups in total. The Bertz CT molecular complexity index is 611. The highest BCUT2D eigenvalue weighted by molar-refractivity contribution is 14.1. The van der Waals surface area contributed by atoms with Crippen LogP contribution in [0.4, 0.5) is 8.78 Å². The van der Waals surface area contributed by atoms with Gasteiger partial charge in [0.1, 0.15) is 5.82 Å². The molecule has 78 valence electrons. The maximum absolute atomic E-state index is 13.6. The summed E-state index contributed by atoms with van der Waals surface area (Å²) in [6.07, 6.45) is 1.35. The molecule has 6 heteroatoms. The third kappa shape index (κ3) is 1.69. The van der Waals surface area contributed by atoms with E-state index in [0.717, 1.165) is 6.07 Å². The van der Waals surface area contributed by atoms with Crippen LogP contribution in [0.15, 0.2) is 21.5 Å². The average Bonchev–Trinajstić information content (AvgIpc) is 2.19. The fraction of sp³-hybridized carbons (Fsp3) is 0. The van der Waals surface area contributed by atoms with E-state index in [1.165, 1.54) is 6.20 Å². The Morgan fingerprint density at radius 2 is 2.07 bits per heavy atom. The van der Waals surface area contributed by atoms with Gasteiger partial charge in [0.15, 0.2) is 5.82 Å². The van der Waals surface area contributed by atoms with Crippen LogP contribution in [-0.2, 0) is 0 Å². The van der Waals surface area contributed by atoms with Gasteiger partial charge in [-0.2, -0.15) is 0 Å². The Labute approximate surface area is 105 Å². The number of fused-ring (bicyclic) bond motifs is 1. The van der Waals surface area contributed by atoms with Crippen molar-refractivity contribution in [2.75, 3.05) is 0 Å². The molecule has 1 heterocycles. The molecule has 0 fully saturated rings. The predicted molar refractivity (Wildman–Crippen MR) is 64.9 cm³/mol. The van der Waals surface area contributed by atoms with Gasteiger partial charge in [0.25, 0.3) is 0 Å².